The maximum Gasteiger partial charge on any atom is 0.254 e. The molecule has 0 atom stereocenters. The number of hydrogen-bond donors (Lipinski definition) is 1. The monoisotopic (exact) mass is 402 g/mol. The highest BCUT2D eigenvalue weighted by Gasteiger charge is 2.15. The van der Waals surface area contributed by atoms with E-state index in [0.29, 0.717) is 17.0 Å². The molecule has 154 valence electrons. The summed E-state index contributed by atoms with van der Waals surface area (Å²) in [6.07, 6.45) is 0.994. The fourth-order valence-electron chi connectivity index (χ4n) is 3.16. The number of para-hydroxylation sites is 1. The number of carbonyl (C=O) groups excluding carboxylic acids is 1. The first kappa shape index (κ1) is 21.2. The van der Waals surface area contributed by atoms with Crippen molar-refractivity contribution in [3.8, 4) is 6.07 Å². The van der Waals surface area contributed by atoms with Crippen LogP contribution in [0.2, 0.25) is 0 Å². The zero-order valence-corrected chi connectivity index (χ0v) is 17.6. The first-order valence-electron chi connectivity index (χ1n) is 9.88. The average molecular weight is 403 g/mol. The minimum absolute atomic E-state index is 0.177. The molecule has 0 bridgehead atoms. The number of nitrogens with one attached hydrogen (secondary N) is 1. The quantitative estimate of drug-likeness (QED) is 0.583. The van der Waals surface area contributed by atoms with Crippen molar-refractivity contribution >= 4 is 22.6 Å². The molecule has 7 nitrogen and oxygen atoms in total. The molecule has 3 aromatic rings. The van der Waals surface area contributed by atoms with Crippen molar-refractivity contribution in [3.63, 3.8) is 0 Å². The van der Waals surface area contributed by atoms with Crippen LogP contribution in [0.4, 0.5) is 5.82 Å². The number of nitrogens with zero attached hydrogens (tertiary/aromatic N) is 5. The predicted octanol–water partition coefficient (Wildman–Crippen LogP) is 3.14. The number of benzene rings is 2. The molecule has 0 radical (unpaired) electrons. The summed E-state index contributed by atoms with van der Waals surface area (Å²) in [5.41, 5.74) is 1.77. The normalized spacial score (nSPS) is 10.8. The molecular formula is C23H26N6O. The van der Waals surface area contributed by atoms with Crippen LogP contribution in [0.1, 0.15) is 28.2 Å². The number of amides is 1. The smallest absolute Gasteiger partial charge is 0.254 e. The van der Waals surface area contributed by atoms with Crippen LogP contribution in [0.25, 0.3) is 10.9 Å². The van der Waals surface area contributed by atoms with Gasteiger partial charge in [-0.1, -0.05) is 18.2 Å². The van der Waals surface area contributed by atoms with Crippen LogP contribution in [0, 0.1) is 11.3 Å². The van der Waals surface area contributed by atoms with E-state index in [0.717, 1.165) is 36.2 Å². The summed E-state index contributed by atoms with van der Waals surface area (Å²) in [4.78, 5) is 25.8. The number of carbonyl (C=O) groups is 1. The highest BCUT2D eigenvalue weighted by atomic mass is 16.2. The van der Waals surface area contributed by atoms with Gasteiger partial charge < -0.3 is 15.1 Å². The lowest BCUT2D eigenvalue weighted by Crippen LogP contribution is -2.27. The summed E-state index contributed by atoms with van der Waals surface area (Å²) in [5.74, 6) is 1.17. The lowest BCUT2D eigenvalue weighted by Gasteiger charge is -2.18. The molecule has 1 aromatic heterocycles. The van der Waals surface area contributed by atoms with Crippen molar-refractivity contribution in [1.29, 1.82) is 5.26 Å². The first-order valence-corrected chi connectivity index (χ1v) is 9.88. The molecule has 2 aromatic carbocycles. The molecule has 7 heteroatoms. The fourth-order valence-corrected chi connectivity index (χ4v) is 3.16. The predicted molar refractivity (Wildman–Crippen MR) is 118 cm³/mol. The molecule has 0 saturated carbocycles. The Balaban J connectivity index is 1.79. The van der Waals surface area contributed by atoms with Crippen molar-refractivity contribution in [3.05, 3.63) is 65.5 Å². The number of nitriles is 1. The molecular weight excluding hydrogens is 376 g/mol. The van der Waals surface area contributed by atoms with Crippen molar-refractivity contribution in [1.82, 2.24) is 19.8 Å². The molecule has 1 amide bonds. The average Bonchev–Trinajstić information content (AvgIpc) is 2.75. The zero-order chi connectivity index (χ0) is 21.5. The molecule has 0 aliphatic carbocycles. The molecule has 1 N–H and O–H groups in total. The van der Waals surface area contributed by atoms with Gasteiger partial charge in [0.15, 0.2) is 5.82 Å². The molecule has 1 heterocycles. The van der Waals surface area contributed by atoms with Gasteiger partial charge in [-0.3, -0.25) is 4.79 Å². The van der Waals surface area contributed by atoms with E-state index in [9.17, 15) is 4.79 Å². The molecule has 0 aliphatic heterocycles. The zero-order valence-electron chi connectivity index (χ0n) is 17.6. The summed E-state index contributed by atoms with van der Waals surface area (Å²) in [6.45, 7) is 2.06. The number of rotatable bonds is 8. The van der Waals surface area contributed by atoms with Gasteiger partial charge in [0.25, 0.3) is 5.91 Å². The van der Waals surface area contributed by atoms with Crippen LogP contribution in [-0.4, -0.2) is 59.9 Å². The lowest BCUT2D eigenvalue weighted by molar-refractivity contribution is 0.0781. The van der Waals surface area contributed by atoms with Gasteiger partial charge >= 0.3 is 0 Å². The van der Waals surface area contributed by atoms with Gasteiger partial charge in [-0.05, 0) is 57.4 Å². The Bertz CT molecular complexity index is 1070. The van der Waals surface area contributed by atoms with E-state index in [2.05, 4.69) is 40.3 Å². The minimum Gasteiger partial charge on any atom is -0.369 e. The Hall–Kier alpha value is -3.50. The highest BCUT2D eigenvalue weighted by Crippen LogP contribution is 2.21. The minimum atomic E-state index is -0.177. The number of hydrogen-bond acceptors (Lipinski definition) is 6. The van der Waals surface area contributed by atoms with Crippen molar-refractivity contribution in [2.24, 2.45) is 0 Å². The fraction of sp³-hybridized carbons (Fsp3) is 0.304. The molecule has 0 spiro atoms. The van der Waals surface area contributed by atoms with E-state index in [1.165, 1.54) is 0 Å². The topological polar surface area (TPSA) is 85.1 Å². The van der Waals surface area contributed by atoms with Crippen LogP contribution in [-0.2, 0) is 6.54 Å². The summed E-state index contributed by atoms with van der Waals surface area (Å²) < 4.78 is 0. The van der Waals surface area contributed by atoms with Crippen LogP contribution < -0.4 is 5.32 Å². The third-order valence-electron chi connectivity index (χ3n) is 4.69. The summed E-state index contributed by atoms with van der Waals surface area (Å²) in [5, 5.41) is 13.4. The van der Waals surface area contributed by atoms with Gasteiger partial charge in [-0.15, -0.1) is 0 Å². The maximum absolute atomic E-state index is 12.8. The third kappa shape index (κ3) is 5.31. The Kier molecular flexibility index (Phi) is 6.94. The van der Waals surface area contributed by atoms with Crippen molar-refractivity contribution in [2.75, 3.05) is 39.5 Å². The van der Waals surface area contributed by atoms with Crippen LogP contribution in [0.15, 0.2) is 48.5 Å². The van der Waals surface area contributed by atoms with Gasteiger partial charge in [-0.25, -0.2) is 9.97 Å². The van der Waals surface area contributed by atoms with Gasteiger partial charge in [0.2, 0.25) is 0 Å². The van der Waals surface area contributed by atoms with Crippen LogP contribution in [0.3, 0.4) is 0 Å². The van der Waals surface area contributed by atoms with Crippen molar-refractivity contribution in [2.45, 2.75) is 13.0 Å². The number of fused-ring (bicyclic) bond motifs is 1. The molecule has 0 saturated heterocycles. The lowest BCUT2D eigenvalue weighted by atomic mass is 10.1. The Morgan fingerprint density at radius 3 is 2.67 bits per heavy atom. The molecule has 3 rings (SSSR count). The van der Waals surface area contributed by atoms with Crippen LogP contribution in [0.5, 0.6) is 0 Å². The largest absolute Gasteiger partial charge is 0.369 e. The van der Waals surface area contributed by atoms with E-state index < -0.39 is 0 Å². The van der Waals surface area contributed by atoms with E-state index in [1.807, 2.05) is 24.3 Å². The Morgan fingerprint density at radius 1 is 1.10 bits per heavy atom. The van der Waals surface area contributed by atoms with Gasteiger partial charge in [0.1, 0.15) is 5.82 Å². The Labute approximate surface area is 177 Å². The third-order valence-corrected chi connectivity index (χ3v) is 4.69. The second-order valence-corrected chi connectivity index (χ2v) is 7.44. The summed E-state index contributed by atoms with van der Waals surface area (Å²) in [6, 6.07) is 16.6. The van der Waals surface area contributed by atoms with Crippen LogP contribution >= 0.6 is 0 Å². The summed E-state index contributed by atoms with van der Waals surface area (Å²) in [7, 11) is 5.82. The molecule has 0 aliphatic rings. The van der Waals surface area contributed by atoms with Gasteiger partial charge in [0, 0.05) is 24.5 Å². The SMILES string of the molecule is CN(C)CCCNc1nc(CN(C)C(=O)c2cccc(C#N)c2)nc2ccccc12. The molecule has 0 fully saturated rings. The second-order valence-electron chi connectivity index (χ2n) is 7.44. The summed E-state index contributed by atoms with van der Waals surface area (Å²) >= 11 is 0. The maximum atomic E-state index is 12.8. The van der Waals surface area contributed by atoms with E-state index in [4.69, 9.17) is 5.26 Å². The standard InChI is InChI=1S/C23H26N6O/c1-28(2)13-7-12-25-22-19-10-4-5-11-20(19)26-21(27-22)16-29(3)23(30)18-9-6-8-17(14-18)15-24/h4-6,8-11,14H,7,12-13,16H2,1-3H3,(H,25,26,27). The van der Waals surface area contributed by atoms with E-state index >= 15 is 0 Å². The molecule has 30 heavy (non-hydrogen) atoms. The van der Waals surface area contributed by atoms with E-state index in [-0.39, 0.29) is 12.5 Å². The Morgan fingerprint density at radius 2 is 1.90 bits per heavy atom. The van der Waals surface area contributed by atoms with E-state index in [1.54, 1.807) is 36.2 Å². The van der Waals surface area contributed by atoms with Crippen molar-refractivity contribution < 1.29 is 4.79 Å². The van der Waals surface area contributed by atoms with Gasteiger partial charge in [-0.2, -0.15) is 5.26 Å². The van der Waals surface area contributed by atoms with Gasteiger partial charge in [0.05, 0.1) is 23.7 Å². The number of anilines is 1. The second kappa shape index (κ2) is 9.81. The number of aromatic nitrogens is 2. The first-order chi connectivity index (χ1) is 14.5. The highest BCUT2D eigenvalue weighted by molar-refractivity contribution is 5.94. The molecule has 0 unspecified atom stereocenters.